The highest BCUT2D eigenvalue weighted by Gasteiger charge is 2.21. The van der Waals surface area contributed by atoms with Gasteiger partial charge in [-0.05, 0) is 83.9 Å². The van der Waals surface area contributed by atoms with Crippen LogP contribution in [0.2, 0.25) is 0 Å². The van der Waals surface area contributed by atoms with Crippen LogP contribution in [0.3, 0.4) is 0 Å². The summed E-state index contributed by atoms with van der Waals surface area (Å²) in [4.78, 5) is 0. The van der Waals surface area contributed by atoms with Gasteiger partial charge in [-0.2, -0.15) is 0 Å². The van der Waals surface area contributed by atoms with E-state index in [-0.39, 0.29) is 40.0 Å². The number of rotatable bonds is 3. The highest BCUT2D eigenvalue weighted by Crippen LogP contribution is 2.48. The fourth-order valence-electron chi connectivity index (χ4n) is 6.26. The molecule has 0 amide bonds. The zero-order chi connectivity index (χ0) is 38.8. The molecule has 0 spiro atoms. The third kappa shape index (κ3) is 3.65. The van der Waals surface area contributed by atoms with E-state index in [1.54, 1.807) is 18.2 Å². The van der Waals surface area contributed by atoms with Crippen molar-refractivity contribution in [2.24, 2.45) is 0 Å². The van der Waals surface area contributed by atoms with Crippen LogP contribution in [0.15, 0.2) is 162 Å². The predicted octanol–water partition coefficient (Wildman–Crippen LogP) is 12.0. The fraction of sp³-hybridized carbons (Fsp3) is 0. The Hall–Kier alpha value is -5.66. The number of fused-ring (bicyclic) bond motifs is 6. The fourth-order valence-corrected chi connectivity index (χ4v) is 6.26. The normalized spacial score (nSPS) is 15.6. The molecule has 0 atom stereocenters. The van der Waals surface area contributed by atoms with E-state index in [4.69, 9.17) is 19.5 Å². The van der Waals surface area contributed by atoms with Crippen LogP contribution in [-0.2, 0) is 0 Å². The second kappa shape index (κ2) is 9.44. The first-order chi connectivity index (χ1) is 26.3. The summed E-state index contributed by atoms with van der Waals surface area (Å²) in [5.41, 5.74) is 3.13. The zero-order valence-corrected chi connectivity index (χ0v) is 22.5. The van der Waals surface area contributed by atoms with Crippen molar-refractivity contribution < 1.29 is 20.9 Å². The van der Waals surface area contributed by atoms with E-state index in [0.29, 0.717) is 60.4 Å². The monoisotopic (exact) mass is 558 g/mol. The molecule has 43 heavy (non-hydrogen) atoms. The van der Waals surface area contributed by atoms with Gasteiger partial charge in [-0.1, -0.05) is 139 Å². The van der Waals surface area contributed by atoms with Crippen LogP contribution in [0.1, 0.15) is 16.4 Å². The number of benzene rings is 8. The van der Waals surface area contributed by atoms with Crippen LogP contribution in [0.5, 0.6) is 0 Å². The van der Waals surface area contributed by atoms with Crippen molar-refractivity contribution in [2.75, 3.05) is 0 Å². The lowest BCUT2D eigenvalue weighted by atomic mass is 9.82. The number of para-hydroxylation sites is 1. The minimum Gasteiger partial charge on any atom is -0.456 e. The van der Waals surface area contributed by atoms with Crippen LogP contribution >= 0.6 is 0 Å². The van der Waals surface area contributed by atoms with E-state index < -0.39 is 54.4 Å². The second-order valence-corrected chi connectivity index (χ2v) is 10.3. The van der Waals surface area contributed by atoms with Gasteiger partial charge in [0.05, 0.1) is 16.4 Å². The molecule has 0 N–H and O–H groups in total. The standard InChI is InChI=1S/C42H26O/c1-2-13-28(14-3-1)36-25-37-30-18-10-11-24-39(30)43-40(37)26-38(36)42-34-21-8-6-19-32(34)41(33-20-7-9-22-35(33)42)31-23-12-16-27-15-4-5-17-29(27)31/h1-26H/i1D,2D,3D,4D,5D,12D,13D,14D,15D,16D,17D,23D. The topological polar surface area (TPSA) is 13.1 Å². The summed E-state index contributed by atoms with van der Waals surface area (Å²) in [5.74, 6) is 0. The van der Waals surface area contributed by atoms with Gasteiger partial charge >= 0.3 is 0 Å². The van der Waals surface area contributed by atoms with Crippen molar-refractivity contribution in [2.45, 2.75) is 0 Å². The number of hydrogen-bond donors (Lipinski definition) is 0. The highest BCUT2D eigenvalue weighted by molar-refractivity contribution is 6.25. The van der Waals surface area contributed by atoms with E-state index in [9.17, 15) is 1.37 Å². The maximum Gasteiger partial charge on any atom is 0.136 e. The van der Waals surface area contributed by atoms with Crippen LogP contribution < -0.4 is 0 Å². The van der Waals surface area contributed by atoms with Gasteiger partial charge in [0.1, 0.15) is 11.2 Å². The molecule has 0 fully saturated rings. The van der Waals surface area contributed by atoms with Gasteiger partial charge in [-0.25, -0.2) is 0 Å². The smallest absolute Gasteiger partial charge is 0.136 e. The van der Waals surface area contributed by atoms with Gasteiger partial charge in [0.15, 0.2) is 0 Å². The first-order valence-corrected chi connectivity index (χ1v) is 13.8. The highest BCUT2D eigenvalue weighted by atomic mass is 16.3. The average molecular weight is 559 g/mol. The molecule has 0 radical (unpaired) electrons. The molecule has 1 heteroatoms. The second-order valence-electron chi connectivity index (χ2n) is 10.3. The Morgan fingerprint density at radius 1 is 0.395 bits per heavy atom. The van der Waals surface area contributed by atoms with E-state index >= 15 is 0 Å². The van der Waals surface area contributed by atoms with Crippen LogP contribution in [0.4, 0.5) is 0 Å². The number of hydrogen-bond acceptors (Lipinski definition) is 1. The molecule has 0 aliphatic heterocycles. The van der Waals surface area contributed by atoms with Crippen LogP contribution in [0, 0.1) is 0 Å². The Balaban J connectivity index is 1.51. The van der Waals surface area contributed by atoms with Crippen LogP contribution in [0.25, 0.3) is 87.6 Å². The Morgan fingerprint density at radius 2 is 0.977 bits per heavy atom. The molecule has 0 unspecified atom stereocenters. The van der Waals surface area contributed by atoms with Gasteiger partial charge in [0.2, 0.25) is 0 Å². The summed E-state index contributed by atoms with van der Waals surface area (Å²) in [5, 5.41) is 3.64. The molecule has 0 aliphatic carbocycles. The molecule has 0 saturated heterocycles. The summed E-state index contributed by atoms with van der Waals surface area (Å²) in [6, 6.07) is 20.2. The van der Waals surface area contributed by atoms with Gasteiger partial charge < -0.3 is 4.42 Å². The van der Waals surface area contributed by atoms with Crippen molar-refractivity contribution in [1.82, 2.24) is 0 Å². The summed E-state index contributed by atoms with van der Waals surface area (Å²) in [6.45, 7) is 0. The van der Waals surface area contributed by atoms with Crippen molar-refractivity contribution >= 4 is 54.3 Å². The van der Waals surface area contributed by atoms with Crippen molar-refractivity contribution in [3.05, 3.63) is 157 Å². The molecule has 9 aromatic rings. The molecule has 200 valence electrons. The van der Waals surface area contributed by atoms with Crippen molar-refractivity contribution in [3.63, 3.8) is 0 Å². The molecular weight excluding hydrogens is 520 g/mol. The lowest BCUT2D eigenvalue weighted by molar-refractivity contribution is 0.669. The number of furan rings is 1. The molecule has 0 bridgehead atoms. The summed E-state index contributed by atoms with van der Waals surface area (Å²) < 4.78 is 111. The van der Waals surface area contributed by atoms with E-state index in [1.807, 2.05) is 66.7 Å². The minimum absolute atomic E-state index is 0.00531. The molecule has 0 aliphatic rings. The molecule has 0 saturated carbocycles. The van der Waals surface area contributed by atoms with Gasteiger partial charge in [0, 0.05) is 10.8 Å². The van der Waals surface area contributed by atoms with E-state index in [0.717, 1.165) is 5.39 Å². The first kappa shape index (κ1) is 15.0. The molecule has 8 aromatic carbocycles. The van der Waals surface area contributed by atoms with Gasteiger partial charge in [-0.3, -0.25) is 0 Å². The Bertz CT molecular complexity index is 3090. The van der Waals surface area contributed by atoms with Gasteiger partial charge in [-0.15, -0.1) is 0 Å². The lowest BCUT2D eigenvalue weighted by Crippen LogP contribution is -1.93. The Kier molecular flexibility index (Phi) is 3.29. The Labute approximate surface area is 266 Å². The quantitative estimate of drug-likeness (QED) is 0.197. The SMILES string of the molecule is [2H]c1c([2H])c([2H])c(-c2cc3c(cc2-c2c4ccccc4c(-c4c([2H])c([2H])c([2H])c5c([2H])c([2H])c([2H])c([2H])c45)c4ccccc24)oc2ccccc23)c([2H])c1[2H]. The van der Waals surface area contributed by atoms with E-state index in [1.165, 1.54) is 0 Å². The maximum atomic E-state index is 9.24. The van der Waals surface area contributed by atoms with Gasteiger partial charge in [0.25, 0.3) is 0 Å². The molecule has 1 heterocycles. The van der Waals surface area contributed by atoms with Crippen molar-refractivity contribution in [1.29, 1.82) is 0 Å². The summed E-state index contributed by atoms with van der Waals surface area (Å²) in [6.07, 6.45) is 0. The molecule has 1 nitrogen and oxygen atoms in total. The third-order valence-corrected chi connectivity index (χ3v) is 8.05. The first-order valence-electron chi connectivity index (χ1n) is 19.8. The Morgan fingerprint density at radius 3 is 1.70 bits per heavy atom. The largest absolute Gasteiger partial charge is 0.456 e. The summed E-state index contributed by atoms with van der Waals surface area (Å²) in [7, 11) is 0. The van der Waals surface area contributed by atoms with E-state index in [2.05, 4.69) is 0 Å². The van der Waals surface area contributed by atoms with Crippen LogP contribution in [-0.4, -0.2) is 0 Å². The van der Waals surface area contributed by atoms with Crippen molar-refractivity contribution in [3.8, 4) is 33.4 Å². The molecular formula is C42H26O. The molecule has 9 rings (SSSR count). The third-order valence-electron chi connectivity index (χ3n) is 8.05. The molecule has 1 aromatic heterocycles. The minimum atomic E-state index is -0.541. The lowest BCUT2D eigenvalue weighted by Gasteiger charge is -2.20. The summed E-state index contributed by atoms with van der Waals surface area (Å²) >= 11 is 0. The zero-order valence-electron chi connectivity index (χ0n) is 34.5. The maximum absolute atomic E-state index is 9.24. The average Bonchev–Trinajstić information content (AvgIpc) is 3.56. The predicted molar refractivity (Wildman–Crippen MR) is 183 cm³/mol.